The second-order valence-electron chi connectivity index (χ2n) is 12.4. The third-order valence-electron chi connectivity index (χ3n) is 10.7. The average Bonchev–Trinajstić information content (AvgIpc) is 3.34. The third-order valence-corrected chi connectivity index (χ3v) is 11.3. The number of thioether (sulfide) groups is 1. The van der Waals surface area contributed by atoms with Crippen molar-refractivity contribution in [2.24, 2.45) is 28.6 Å². The molecule has 8 heteroatoms. The van der Waals surface area contributed by atoms with Crippen LogP contribution in [-0.4, -0.2) is 51.0 Å². The van der Waals surface area contributed by atoms with Crippen LogP contribution in [0.3, 0.4) is 0 Å². The molecule has 5 nitrogen and oxygen atoms in total. The lowest BCUT2D eigenvalue weighted by molar-refractivity contribution is -0.264. The highest BCUT2D eigenvalue weighted by atomic mass is 32.2. The number of benzene rings is 1. The maximum absolute atomic E-state index is 17.5. The number of alkyl halides is 2. The molecule has 1 N–H and O–H groups in total. The summed E-state index contributed by atoms with van der Waals surface area (Å²) in [6, 6.07) is 7.25. The van der Waals surface area contributed by atoms with Crippen molar-refractivity contribution in [2.75, 3.05) is 12.6 Å². The van der Waals surface area contributed by atoms with Crippen molar-refractivity contribution in [3.8, 4) is 0 Å². The summed E-state index contributed by atoms with van der Waals surface area (Å²) in [6.45, 7) is 6.72. The monoisotopic (exact) mass is 543 g/mol. The Hall–Kier alpha value is -1.87. The first-order valence-electron chi connectivity index (χ1n) is 13.5. The molecule has 1 aromatic carbocycles. The molecule has 0 spiro atoms. The normalized spacial score (nSPS) is 43.7. The number of hydroxylamine groups is 2. The number of carbonyl (C=O) groups excluding carboxylic acids is 2. The SMILES string of the molecule is Cc1ccc(CN2C[C@@H]3C[C@H]4[C@@H]5CCC6=CC(=O)C=C[C@]6(C)[C@@]5(F)[C@@H](O)C[C@]4(C)[C@]3(C(=O)SCF)O2)cc1. The molecule has 0 amide bonds. The zero-order chi connectivity index (χ0) is 27.1. The molecule has 8 atom stereocenters. The first kappa shape index (κ1) is 26.4. The molecule has 1 heterocycles. The summed E-state index contributed by atoms with van der Waals surface area (Å²) in [6.07, 6.45) is 4.85. The number of allylic oxidation sites excluding steroid dienone is 4. The number of rotatable bonds is 4. The molecule has 4 aliphatic carbocycles. The van der Waals surface area contributed by atoms with E-state index < -0.39 is 40.1 Å². The summed E-state index contributed by atoms with van der Waals surface area (Å²) in [5.74, 6) is -1.13. The van der Waals surface area contributed by atoms with Gasteiger partial charge in [0.25, 0.3) is 0 Å². The first-order valence-corrected chi connectivity index (χ1v) is 14.5. The number of nitrogens with zero attached hydrogens (tertiary/aromatic N) is 1. The van der Waals surface area contributed by atoms with Crippen molar-refractivity contribution >= 4 is 22.7 Å². The lowest BCUT2D eigenvalue weighted by atomic mass is 9.45. The zero-order valence-corrected chi connectivity index (χ0v) is 22.9. The minimum atomic E-state index is -1.98. The van der Waals surface area contributed by atoms with Crippen LogP contribution >= 0.6 is 11.8 Å². The maximum Gasteiger partial charge on any atom is 0.226 e. The molecule has 1 aliphatic heterocycles. The van der Waals surface area contributed by atoms with E-state index in [-0.39, 0.29) is 29.2 Å². The van der Waals surface area contributed by atoms with Gasteiger partial charge in [0.1, 0.15) is 6.01 Å². The van der Waals surface area contributed by atoms with Crippen LogP contribution < -0.4 is 0 Å². The summed E-state index contributed by atoms with van der Waals surface area (Å²) in [5, 5.41) is 13.1. The number of hydrogen-bond donors (Lipinski definition) is 1. The first-order chi connectivity index (χ1) is 18.0. The van der Waals surface area contributed by atoms with E-state index in [0.29, 0.717) is 44.1 Å². The zero-order valence-electron chi connectivity index (χ0n) is 22.1. The molecule has 0 radical (unpaired) electrons. The van der Waals surface area contributed by atoms with Crippen LogP contribution in [0.4, 0.5) is 8.78 Å². The van der Waals surface area contributed by atoms with E-state index >= 15 is 4.39 Å². The Morgan fingerprint density at radius 3 is 2.68 bits per heavy atom. The van der Waals surface area contributed by atoms with Gasteiger partial charge < -0.3 is 5.11 Å². The Kier molecular flexibility index (Phi) is 6.12. The van der Waals surface area contributed by atoms with Crippen LogP contribution in [0.1, 0.15) is 50.7 Å². The van der Waals surface area contributed by atoms with E-state index in [1.54, 1.807) is 18.1 Å². The molecule has 5 aliphatic rings. The van der Waals surface area contributed by atoms with Crippen LogP contribution in [0.15, 0.2) is 48.1 Å². The Balaban J connectivity index is 1.38. The fourth-order valence-electron chi connectivity index (χ4n) is 8.82. The number of hydrogen-bond acceptors (Lipinski definition) is 6. The van der Waals surface area contributed by atoms with E-state index in [0.717, 1.165) is 16.7 Å². The Morgan fingerprint density at radius 2 is 1.97 bits per heavy atom. The highest BCUT2D eigenvalue weighted by Gasteiger charge is 2.79. The second-order valence-corrected chi connectivity index (χ2v) is 13.3. The van der Waals surface area contributed by atoms with Gasteiger partial charge in [-0.05, 0) is 63.2 Å². The van der Waals surface area contributed by atoms with Gasteiger partial charge in [-0.15, -0.1) is 0 Å². The Labute approximate surface area is 226 Å². The number of carbonyl (C=O) groups is 2. The minimum absolute atomic E-state index is 0.0305. The summed E-state index contributed by atoms with van der Waals surface area (Å²) >= 11 is 0.617. The van der Waals surface area contributed by atoms with Gasteiger partial charge in [0.2, 0.25) is 5.12 Å². The van der Waals surface area contributed by atoms with E-state index in [2.05, 4.69) is 0 Å². The van der Waals surface area contributed by atoms with Gasteiger partial charge in [0.05, 0.1) is 6.10 Å². The van der Waals surface area contributed by atoms with Crippen LogP contribution in [0, 0.1) is 35.5 Å². The number of aliphatic hydroxyl groups excluding tert-OH is 1. The molecule has 6 rings (SSSR count). The molecule has 38 heavy (non-hydrogen) atoms. The average molecular weight is 544 g/mol. The van der Waals surface area contributed by atoms with Crippen molar-refractivity contribution in [1.82, 2.24) is 5.06 Å². The van der Waals surface area contributed by atoms with Gasteiger partial charge in [-0.1, -0.05) is 60.2 Å². The highest BCUT2D eigenvalue weighted by molar-refractivity contribution is 8.13. The number of aliphatic hydroxyl groups is 1. The molecule has 3 saturated carbocycles. The molecule has 1 saturated heterocycles. The summed E-state index contributed by atoms with van der Waals surface area (Å²) < 4.78 is 31.0. The van der Waals surface area contributed by atoms with Crippen molar-refractivity contribution in [1.29, 1.82) is 0 Å². The number of aryl methyl sites for hydroxylation is 1. The van der Waals surface area contributed by atoms with E-state index in [1.807, 2.05) is 38.1 Å². The predicted molar refractivity (Wildman–Crippen MR) is 141 cm³/mol. The van der Waals surface area contributed by atoms with Crippen LogP contribution in [0.5, 0.6) is 0 Å². The fourth-order valence-corrected chi connectivity index (χ4v) is 9.57. The van der Waals surface area contributed by atoms with Crippen molar-refractivity contribution in [3.05, 3.63) is 59.2 Å². The topological polar surface area (TPSA) is 66.8 Å². The smallest absolute Gasteiger partial charge is 0.226 e. The molecule has 0 bridgehead atoms. The largest absolute Gasteiger partial charge is 0.390 e. The van der Waals surface area contributed by atoms with Gasteiger partial charge >= 0.3 is 0 Å². The number of ketones is 1. The summed E-state index contributed by atoms with van der Waals surface area (Å²) in [7, 11) is 0. The molecular formula is C30H35F2NO4S. The lowest BCUT2D eigenvalue weighted by Gasteiger charge is -2.62. The standard InChI is InChI=1S/C30H35F2NO4S/c1-18-4-6-19(7-5-18)15-33-16-21-13-24-23-9-8-20-12-22(34)10-11-27(20,2)29(23,32)25(35)14-28(24,3)30(21,37-33)26(36)38-17-31/h4-7,10-12,21,23-25,35H,8-9,13-17H2,1-3H3/t21-,23-,24-,25-,27-,28-,29-,30-/m0/s1. The Morgan fingerprint density at radius 1 is 1.24 bits per heavy atom. The van der Waals surface area contributed by atoms with Crippen molar-refractivity contribution < 1.29 is 28.3 Å². The van der Waals surface area contributed by atoms with E-state index in [9.17, 15) is 19.1 Å². The second kappa shape index (κ2) is 8.82. The van der Waals surface area contributed by atoms with Crippen molar-refractivity contribution in [3.63, 3.8) is 0 Å². The van der Waals surface area contributed by atoms with Gasteiger partial charge in [-0.25, -0.2) is 8.78 Å². The molecular weight excluding hydrogens is 508 g/mol. The van der Waals surface area contributed by atoms with Crippen LogP contribution in [0.25, 0.3) is 0 Å². The molecule has 1 aromatic rings. The van der Waals surface area contributed by atoms with Gasteiger partial charge in [-0.3, -0.25) is 14.4 Å². The van der Waals surface area contributed by atoms with Crippen LogP contribution in [0.2, 0.25) is 0 Å². The van der Waals surface area contributed by atoms with E-state index in [1.165, 1.54) is 12.2 Å². The van der Waals surface area contributed by atoms with Gasteiger partial charge in [0.15, 0.2) is 17.1 Å². The number of fused-ring (bicyclic) bond motifs is 7. The van der Waals surface area contributed by atoms with E-state index in [4.69, 9.17) is 4.84 Å². The maximum atomic E-state index is 17.5. The predicted octanol–water partition coefficient (Wildman–Crippen LogP) is 5.26. The van der Waals surface area contributed by atoms with Gasteiger partial charge in [-0.2, -0.15) is 5.06 Å². The quantitative estimate of drug-likeness (QED) is 0.559. The highest BCUT2D eigenvalue weighted by Crippen LogP contribution is 2.73. The molecule has 0 aromatic heterocycles. The molecule has 4 fully saturated rings. The lowest BCUT2D eigenvalue weighted by Crippen LogP contribution is -2.69. The molecule has 204 valence electrons. The summed E-state index contributed by atoms with van der Waals surface area (Å²) in [5.41, 5.74) is -2.36. The fraction of sp³-hybridized carbons (Fsp3) is 0.600. The summed E-state index contributed by atoms with van der Waals surface area (Å²) in [4.78, 5) is 32.4. The third kappa shape index (κ3) is 3.33. The molecule has 0 unspecified atom stereocenters. The number of halogens is 2. The van der Waals surface area contributed by atoms with Crippen LogP contribution in [-0.2, 0) is 21.0 Å². The van der Waals surface area contributed by atoms with Gasteiger partial charge in [0, 0.05) is 35.8 Å². The Bertz CT molecular complexity index is 1240. The van der Waals surface area contributed by atoms with Crippen molar-refractivity contribution in [2.45, 2.75) is 70.4 Å². The minimum Gasteiger partial charge on any atom is -0.390 e.